The van der Waals surface area contributed by atoms with Crippen LogP contribution in [-0.4, -0.2) is 24.8 Å². The lowest BCUT2D eigenvalue weighted by Gasteiger charge is -2.18. The second-order valence-electron chi connectivity index (χ2n) is 5.44. The van der Waals surface area contributed by atoms with Gasteiger partial charge in [-0.05, 0) is 46.3 Å². The number of carbonyl (C=O) groups excluding carboxylic acids is 3. The zero-order valence-corrected chi connectivity index (χ0v) is 15.0. The molecule has 1 heterocycles. The first kappa shape index (κ1) is 17.2. The lowest BCUT2D eigenvalue weighted by molar-refractivity contribution is -0.121. The number of nitrogens with one attached hydrogen (secondary N) is 1. The maximum Gasteiger partial charge on any atom is 0.257 e. The molecule has 2 aromatic carbocycles. The van der Waals surface area contributed by atoms with Gasteiger partial charge in [-0.25, -0.2) is 4.90 Å². The number of para-hydroxylation sites is 2. The number of rotatable bonds is 4. The third kappa shape index (κ3) is 3.41. The van der Waals surface area contributed by atoms with E-state index in [1.807, 2.05) is 0 Å². The second kappa shape index (κ2) is 7.06. The first-order valence-corrected chi connectivity index (χ1v) is 8.40. The van der Waals surface area contributed by atoms with Gasteiger partial charge >= 0.3 is 0 Å². The summed E-state index contributed by atoms with van der Waals surface area (Å²) in [6.07, 6.45) is 0.366. The van der Waals surface area contributed by atoms with E-state index in [0.29, 0.717) is 27.2 Å². The van der Waals surface area contributed by atoms with Crippen LogP contribution >= 0.6 is 15.9 Å². The minimum atomic E-state index is -0.377. The Morgan fingerprint density at radius 1 is 1.12 bits per heavy atom. The molecule has 6 nitrogen and oxygen atoms in total. The van der Waals surface area contributed by atoms with E-state index in [9.17, 15) is 14.4 Å². The average molecular weight is 403 g/mol. The molecule has 0 bridgehead atoms. The van der Waals surface area contributed by atoms with Gasteiger partial charge in [0.15, 0.2) is 0 Å². The summed E-state index contributed by atoms with van der Waals surface area (Å²) in [7, 11) is 1.52. The Hall–Kier alpha value is -2.67. The Morgan fingerprint density at radius 2 is 1.80 bits per heavy atom. The van der Waals surface area contributed by atoms with Crippen LogP contribution in [0.1, 0.15) is 23.2 Å². The number of anilines is 2. The Morgan fingerprint density at radius 3 is 2.48 bits per heavy atom. The molecule has 0 radical (unpaired) electrons. The van der Waals surface area contributed by atoms with Gasteiger partial charge in [-0.15, -0.1) is 0 Å². The number of nitrogens with zero attached hydrogens (tertiary/aromatic N) is 1. The zero-order valence-electron chi connectivity index (χ0n) is 13.4. The molecule has 25 heavy (non-hydrogen) atoms. The molecule has 0 saturated carbocycles. The first-order chi connectivity index (χ1) is 12.0. The van der Waals surface area contributed by atoms with Crippen molar-refractivity contribution in [2.24, 2.45) is 0 Å². The molecule has 3 rings (SSSR count). The summed E-state index contributed by atoms with van der Waals surface area (Å²) < 4.78 is 5.75. The van der Waals surface area contributed by atoms with E-state index in [-0.39, 0.29) is 30.6 Å². The van der Waals surface area contributed by atoms with Crippen LogP contribution in [0.25, 0.3) is 0 Å². The van der Waals surface area contributed by atoms with Crippen molar-refractivity contribution in [1.29, 1.82) is 0 Å². The molecule has 1 saturated heterocycles. The van der Waals surface area contributed by atoms with Gasteiger partial charge in [-0.2, -0.15) is 0 Å². The summed E-state index contributed by atoms with van der Waals surface area (Å²) in [5.41, 5.74) is 1.15. The summed E-state index contributed by atoms with van der Waals surface area (Å²) in [6.45, 7) is 0. The first-order valence-electron chi connectivity index (χ1n) is 7.61. The number of amides is 3. The average Bonchev–Trinajstić information content (AvgIpc) is 2.94. The standard InChI is InChI=1S/C18H15BrN2O4/c1-25-11-6-7-13(19)12(10-11)18(24)20-14-4-2-3-5-15(14)21-16(22)8-9-17(21)23/h2-7,10H,8-9H2,1H3,(H,20,24). The molecule has 1 N–H and O–H groups in total. The highest BCUT2D eigenvalue weighted by molar-refractivity contribution is 9.10. The highest BCUT2D eigenvalue weighted by atomic mass is 79.9. The van der Waals surface area contributed by atoms with E-state index in [4.69, 9.17) is 4.74 Å². The molecule has 0 spiro atoms. The largest absolute Gasteiger partial charge is 0.497 e. The predicted molar refractivity (Wildman–Crippen MR) is 96.8 cm³/mol. The van der Waals surface area contributed by atoms with E-state index >= 15 is 0 Å². The third-order valence-electron chi connectivity index (χ3n) is 3.86. The van der Waals surface area contributed by atoms with Crippen LogP contribution in [0.2, 0.25) is 0 Å². The van der Waals surface area contributed by atoms with Crippen molar-refractivity contribution in [3.05, 3.63) is 52.5 Å². The summed E-state index contributed by atoms with van der Waals surface area (Å²) in [5, 5.41) is 2.77. The van der Waals surface area contributed by atoms with Gasteiger partial charge in [0.1, 0.15) is 5.75 Å². The van der Waals surface area contributed by atoms with Crippen LogP contribution in [0.5, 0.6) is 5.75 Å². The molecular weight excluding hydrogens is 388 g/mol. The highest BCUT2D eigenvalue weighted by Gasteiger charge is 2.32. The summed E-state index contributed by atoms with van der Waals surface area (Å²) in [5.74, 6) is -0.368. The molecule has 7 heteroatoms. The van der Waals surface area contributed by atoms with E-state index in [1.165, 1.54) is 7.11 Å². The van der Waals surface area contributed by atoms with Gasteiger partial charge in [0.2, 0.25) is 11.8 Å². The number of ether oxygens (including phenoxy) is 1. The van der Waals surface area contributed by atoms with Crippen LogP contribution in [0.15, 0.2) is 46.9 Å². The Labute approximate surface area is 152 Å². The smallest absolute Gasteiger partial charge is 0.257 e. The molecule has 1 fully saturated rings. The maximum atomic E-state index is 12.6. The Bertz CT molecular complexity index is 850. The lowest BCUT2D eigenvalue weighted by atomic mass is 10.2. The van der Waals surface area contributed by atoms with Crippen molar-refractivity contribution in [3.63, 3.8) is 0 Å². The van der Waals surface area contributed by atoms with E-state index in [0.717, 1.165) is 4.90 Å². The zero-order chi connectivity index (χ0) is 18.0. The number of methoxy groups -OCH3 is 1. The fourth-order valence-electron chi connectivity index (χ4n) is 2.61. The number of carbonyl (C=O) groups is 3. The van der Waals surface area contributed by atoms with Crippen molar-refractivity contribution in [2.75, 3.05) is 17.3 Å². The van der Waals surface area contributed by atoms with Crippen molar-refractivity contribution in [3.8, 4) is 5.75 Å². The minimum absolute atomic E-state index is 0.183. The minimum Gasteiger partial charge on any atom is -0.497 e. The highest BCUT2D eigenvalue weighted by Crippen LogP contribution is 2.31. The van der Waals surface area contributed by atoms with Gasteiger partial charge in [-0.3, -0.25) is 14.4 Å². The lowest BCUT2D eigenvalue weighted by Crippen LogP contribution is -2.29. The molecule has 0 unspecified atom stereocenters. The van der Waals surface area contributed by atoms with E-state index < -0.39 is 0 Å². The van der Waals surface area contributed by atoms with Crippen LogP contribution in [0, 0.1) is 0 Å². The fraction of sp³-hybridized carbons (Fsp3) is 0.167. The molecule has 128 valence electrons. The topological polar surface area (TPSA) is 75.7 Å². The Balaban J connectivity index is 1.93. The normalized spacial score (nSPS) is 13.9. The maximum absolute atomic E-state index is 12.6. The predicted octanol–water partition coefficient (Wildman–Crippen LogP) is 3.36. The van der Waals surface area contributed by atoms with Gasteiger partial charge in [0.05, 0.1) is 24.0 Å². The monoisotopic (exact) mass is 402 g/mol. The van der Waals surface area contributed by atoms with Gasteiger partial charge in [0, 0.05) is 17.3 Å². The van der Waals surface area contributed by atoms with Crippen LogP contribution in [0.4, 0.5) is 11.4 Å². The van der Waals surface area contributed by atoms with Gasteiger partial charge in [0.25, 0.3) is 5.91 Å². The second-order valence-corrected chi connectivity index (χ2v) is 6.29. The van der Waals surface area contributed by atoms with E-state index in [2.05, 4.69) is 21.2 Å². The molecule has 0 aliphatic carbocycles. The Kier molecular flexibility index (Phi) is 4.85. The van der Waals surface area contributed by atoms with Crippen molar-refractivity contribution < 1.29 is 19.1 Å². The van der Waals surface area contributed by atoms with Crippen LogP contribution in [0.3, 0.4) is 0 Å². The number of halogens is 1. The SMILES string of the molecule is COc1ccc(Br)c(C(=O)Nc2ccccc2N2C(=O)CCC2=O)c1. The number of benzene rings is 2. The van der Waals surface area contributed by atoms with Crippen LogP contribution in [-0.2, 0) is 9.59 Å². The molecule has 0 atom stereocenters. The van der Waals surface area contributed by atoms with Gasteiger partial charge in [-0.1, -0.05) is 12.1 Å². The molecule has 3 amide bonds. The summed E-state index contributed by atoms with van der Waals surface area (Å²) >= 11 is 3.34. The molecule has 2 aromatic rings. The number of hydrogen-bond acceptors (Lipinski definition) is 4. The van der Waals surface area contributed by atoms with Crippen molar-refractivity contribution in [2.45, 2.75) is 12.8 Å². The molecule has 0 aromatic heterocycles. The fourth-order valence-corrected chi connectivity index (χ4v) is 3.04. The summed E-state index contributed by atoms with van der Waals surface area (Å²) in [6, 6.07) is 11.8. The summed E-state index contributed by atoms with van der Waals surface area (Å²) in [4.78, 5) is 37.8. The van der Waals surface area contributed by atoms with E-state index in [1.54, 1.807) is 42.5 Å². The van der Waals surface area contributed by atoms with Crippen molar-refractivity contribution in [1.82, 2.24) is 0 Å². The van der Waals surface area contributed by atoms with Crippen molar-refractivity contribution >= 4 is 45.0 Å². The third-order valence-corrected chi connectivity index (χ3v) is 4.55. The molecule has 1 aliphatic rings. The van der Waals surface area contributed by atoms with Gasteiger partial charge < -0.3 is 10.1 Å². The molecule has 1 aliphatic heterocycles. The number of hydrogen-bond donors (Lipinski definition) is 1. The van der Waals surface area contributed by atoms with Crippen LogP contribution < -0.4 is 15.0 Å². The quantitative estimate of drug-likeness (QED) is 0.795. The molecular formula is C18H15BrN2O4. The number of imide groups is 1.